The summed E-state index contributed by atoms with van der Waals surface area (Å²) >= 11 is 7.39. The van der Waals surface area contributed by atoms with Crippen molar-refractivity contribution < 1.29 is 14.3 Å². The molecule has 3 rings (SSSR count). The number of morpholine rings is 1. The molecule has 2 heterocycles. The number of carbonyl (C=O) groups excluding carboxylic acids is 2. The third kappa shape index (κ3) is 5.54. The van der Waals surface area contributed by atoms with Gasteiger partial charge >= 0.3 is 0 Å². The fraction of sp³-hybridized carbons (Fsp3) is 0.400. The van der Waals surface area contributed by atoms with Gasteiger partial charge in [0.2, 0.25) is 5.91 Å². The summed E-state index contributed by atoms with van der Waals surface area (Å²) in [7, 11) is 1.64. The van der Waals surface area contributed by atoms with Crippen molar-refractivity contribution in [2.45, 2.75) is 6.04 Å². The summed E-state index contributed by atoms with van der Waals surface area (Å²) in [5, 5.41) is 5.51. The molecule has 8 heteroatoms. The average molecular weight is 422 g/mol. The number of halogens is 1. The molecular weight excluding hydrogens is 398 g/mol. The molecule has 2 amide bonds. The second-order valence-electron chi connectivity index (χ2n) is 6.66. The van der Waals surface area contributed by atoms with E-state index in [0.717, 1.165) is 18.7 Å². The van der Waals surface area contributed by atoms with E-state index in [2.05, 4.69) is 10.2 Å². The minimum absolute atomic E-state index is 0.0210. The van der Waals surface area contributed by atoms with Gasteiger partial charge in [0.05, 0.1) is 30.7 Å². The summed E-state index contributed by atoms with van der Waals surface area (Å²) in [6.45, 7) is 3.45. The van der Waals surface area contributed by atoms with Gasteiger partial charge in [-0.1, -0.05) is 29.8 Å². The number of carbonyl (C=O) groups is 2. The third-order valence-corrected chi connectivity index (χ3v) is 5.80. The zero-order chi connectivity index (χ0) is 19.9. The lowest BCUT2D eigenvalue weighted by atomic mass is 10.0. The lowest BCUT2D eigenvalue weighted by molar-refractivity contribution is -0.121. The molecule has 6 nitrogen and oxygen atoms in total. The fourth-order valence-electron chi connectivity index (χ4n) is 3.17. The Bertz CT molecular complexity index is 777. The maximum atomic E-state index is 12.4. The Balaban J connectivity index is 1.60. The van der Waals surface area contributed by atoms with Crippen LogP contribution in [0, 0.1) is 0 Å². The summed E-state index contributed by atoms with van der Waals surface area (Å²) in [4.78, 5) is 29.1. The largest absolute Gasteiger partial charge is 0.379 e. The number of benzene rings is 1. The van der Waals surface area contributed by atoms with Crippen LogP contribution in [-0.4, -0.2) is 68.1 Å². The number of nitrogens with one attached hydrogen (secondary N) is 1. The van der Waals surface area contributed by atoms with Crippen LogP contribution in [0.5, 0.6) is 0 Å². The van der Waals surface area contributed by atoms with Crippen molar-refractivity contribution in [2.75, 3.05) is 46.4 Å². The van der Waals surface area contributed by atoms with Crippen LogP contribution in [0.2, 0.25) is 5.02 Å². The first-order chi connectivity index (χ1) is 13.5. The topological polar surface area (TPSA) is 61.9 Å². The summed E-state index contributed by atoms with van der Waals surface area (Å²) in [6, 6.07) is 11.3. The normalized spacial score (nSPS) is 15.8. The van der Waals surface area contributed by atoms with Gasteiger partial charge in [-0.05, 0) is 29.1 Å². The molecule has 0 saturated carbocycles. The van der Waals surface area contributed by atoms with Gasteiger partial charge in [0, 0.05) is 31.7 Å². The van der Waals surface area contributed by atoms with E-state index in [0.29, 0.717) is 29.7 Å². The van der Waals surface area contributed by atoms with Crippen LogP contribution >= 0.6 is 22.9 Å². The second-order valence-corrected chi connectivity index (χ2v) is 8.04. The van der Waals surface area contributed by atoms with Crippen LogP contribution in [0.25, 0.3) is 0 Å². The van der Waals surface area contributed by atoms with Crippen molar-refractivity contribution in [2.24, 2.45) is 0 Å². The summed E-state index contributed by atoms with van der Waals surface area (Å²) in [5.74, 6) is -0.327. The van der Waals surface area contributed by atoms with Crippen molar-refractivity contribution >= 4 is 34.8 Å². The molecule has 1 unspecified atom stereocenters. The Morgan fingerprint density at radius 3 is 2.61 bits per heavy atom. The van der Waals surface area contributed by atoms with E-state index in [1.807, 2.05) is 35.7 Å². The number of ether oxygens (including phenoxy) is 1. The predicted molar refractivity (Wildman–Crippen MR) is 111 cm³/mol. The number of thiophene rings is 1. The summed E-state index contributed by atoms with van der Waals surface area (Å²) < 4.78 is 5.45. The predicted octanol–water partition coefficient (Wildman–Crippen LogP) is 2.66. The Morgan fingerprint density at radius 2 is 1.96 bits per heavy atom. The Hall–Kier alpha value is -1.93. The molecule has 1 saturated heterocycles. The number of hydrogen-bond acceptors (Lipinski definition) is 5. The zero-order valence-corrected chi connectivity index (χ0v) is 17.3. The minimum Gasteiger partial charge on any atom is -0.379 e. The number of rotatable bonds is 7. The van der Waals surface area contributed by atoms with Crippen molar-refractivity contribution in [3.8, 4) is 0 Å². The quantitative estimate of drug-likeness (QED) is 0.746. The Labute approximate surface area is 174 Å². The SMILES string of the molecule is CN(CC(=O)NCC(c1ccc(Cl)cc1)N1CCOCC1)C(=O)c1cccs1. The monoisotopic (exact) mass is 421 g/mol. The molecular formula is C20H24ClN3O3S. The number of nitrogens with zero attached hydrogens (tertiary/aromatic N) is 2. The van der Waals surface area contributed by atoms with Gasteiger partial charge in [-0.15, -0.1) is 11.3 Å². The first-order valence-electron chi connectivity index (χ1n) is 9.17. The van der Waals surface area contributed by atoms with Crippen molar-refractivity contribution in [1.29, 1.82) is 0 Å². The van der Waals surface area contributed by atoms with Gasteiger partial charge in [0.25, 0.3) is 5.91 Å². The van der Waals surface area contributed by atoms with E-state index in [4.69, 9.17) is 16.3 Å². The smallest absolute Gasteiger partial charge is 0.264 e. The molecule has 1 aromatic carbocycles. The van der Waals surface area contributed by atoms with Crippen LogP contribution in [0.1, 0.15) is 21.3 Å². The average Bonchev–Trinajstić information content (AvgIpc) is 3.24. The van der Waals surface area contributed by atoms with E-state index in [9.17, 15) is 9.59 Å². The van der Waals surface area contributed by atoms with Crippen LogP contribution < -0.4 is 5.32 Å². The molecule has 1 N–H and O–H groups in total. The molecule has 1 atom stereocenters. The Kier molecular flexibility index (Phi) is 7.44. The molecule has 0 aliphatic carbocycles. The molecule has 1 aliphatic heterocycles. The van der Waals surface area contributed by atoms with Crippen LogP contribution in [0.4, 0.5) is 0 Å². The molecule has 28 heavy (non-hydrogen) atoms. The van der Waals surface area contributed by atoms with Crippen molar-refractivity contribution in [3.05, 3.63) is 57.2 Å². The molecule has 0 radical (unpaired) electrons. The van der Waals surface area contributed by atoms with Crippen molar-refractivity contribution in [3.63, 3.8) is 0 Å². The number of likely N-dealkylation sites (N-methyl/N-ethyl adjacent to an activating group) is 1. The lowest BCUT2D eigenvalue weighted by Gasteiger charge is -2.35. The molecule has 2 aromatic rings. The maximum absolute atomic E-state index is 12.4. The van der Waals surface area contributed by atoms with Gasteiger partial charge < -0.3 is 15.0 Å². The fourth-order valence-corrected chi connectivity index (χ4v) is 4.02. The van der Waals surface area contributed by atoms with E-state index in [-0.39, 0.29) is 24.4 Å². The molecule has 1 aliphatic rings. The zero-order valence-electron chi connectivity index (χ0n) is 15.8. The van der Waals surface area contributed by atoms with Crippen LogP contribution in [0.3, 0.4) is 0 Å². The van der Waals surface area contributed by atoms with Gasteiger partial charge in [-0.25, -0.2) is 0 Å². The van der Waals surface area contributed by atoms with Crippen LogP contribution in [0.15, 0.2) is 41.8 Å². The van der Waals surface area contributed by atoms with Crippen molar-refractivity contribution in [1.82, 2.24) is 15.1 Å². The van der Waals surface area contributed by atoms with E-state index in [1.165, 1.54) is 16.2 Å². The van der Waals surface area contributed by atoms with E-state index >= 15 is 0 Å². The molecule has 150 valence electrons. The highest BCUT2D eigenvalue weighted by molar-refractivity contribution is 7.12. The Morgan fingerprint density at radius 1 is 1.25 bits per heavy atom. The first-order valence-corrected chi connectivity index (χ1v) is 10.4. The molecule has 1 aromatic heterocycles. The summed E-state index contributed by atoms with van der Waals surface area (Å²) in [6.07, 6.45) is 0. The van der Waals surface area contributed by atoms with Gasteiger partial charge in [-0.2, -0.15) is 0 Å². The molecule has 0 spiro atoms. The highest BCUT2D eigenvalue weighted by Crippen LogP contribution is 2.23. The standard InChI is InChI=1S/C20H24ClN3O3S/c1-23(20(26)18-3-2-12-28-18)14-19(25)22-13-17(24-8-10-27-11-9-24)15-4-6-16(21)7-5-15/h2-7,12,17H,8-11,13-14H2,1H3,(H,22,25). The van der Waals surface area contributed by atoms with Gasteiger partial charge in [0.15, 0.2) is 0 Å². The molecule has 0 bridgehead atoms. The maximum Gasteiger partial charge on any atom is 0.264 e. The van der Waals surface area contributed by atoms with Crippen LogP contribution in [-0.2, 0) is 9.53 Å². The highest BCUT2D eigenvalue weighted by Gasteiger charge is 2.24. The van der Waals surface area contributed by atoms with Gasteiger partial charge in [0.1, 0.15) is 0 Å². The summed E-state index contributed by atoms with van der Waals surface area (Å²) in [5.41, 5.74) is 1.09. The first kappa shape index (κ1) is 20.8. The number of amides is 2. The number of hydrogen-bond donors (Lipinski definition) is 1. The highest BCUT2D eigenvalue weighted by atomic mass is 35.5. The third-order valence-electron chi connectivity index (χ3n) is 4.69. The molecule has 1 fully saturated rings. The van der Waals surface area contributed by atoms with E-state index < -0.39 is 0 Å². The minimum atomic E-state index is -0.181. The van der Waals surface area contributed by atoms with Gasteiger partial charge in [-0.3, -0.25) is 14.5 Å². The second kappa shape index (κ2) is 10.0. The lowest BCUT2D eigenvalue weighted by Crippen LogP contribution is -2.45. The van der Waals surface area contributed by atoms with E-state index in [1.54, 1.807) is 13.1 Å².